The molecule has 1 amide bonds. The smallest absolute Gasteiger partial charge is 0.251 e. The molecule has 1 fully saturated rings. The number of amides is 1. The highest BCUT2D eigenvalue weighted by molar-refractivity contribution is 5.94. The summed E-state index contributed by atoms with van der Waals surface area (Å²) in [4.78, 5) is 20.4. The van der Waals surface area contributed by atoms with Gasteiger partial charge in [0.25, 0.3) is 5.91 Å². The van der Waals surface area contributed by atoms with E-state index in [1.807, 2.05) is 0 Å². The van der Waals surface area contributed by atoms with Crippen LogP contribution in [-0.4, -0.2) is 34.5 Å². The summed E-state index contributed by atoms with van der Waals surface area (Å²) >= 11 is 0. The van der Waals surface area contributed by atoms with Gasteiger partial charge in [-0.25, -0.2) is 4.98 Å². The van der Waals surface area contributed by atoms with Gasteiger partial charge in [-0.1, -0.05) is 6.07 Å². The second-order valence-corrected chi connectivity index (χ2v) is 5.64. The Morgan fingerprint density at radius 2 is 2.30 bits per heavy atom. The number of hydrogen-bond donors (Lipinski definition) is 2. The van der Waals surface area contributed by atoms with Crippen molar-refractivity contribution in [2.75, 3.05) is 6.54 Å². The molecule has 1 aromatic heterocycles. The van der Waals surface area contributed by atoms with Gasteiger partial charge in [-0.05, 0) is 44.5 Å². The van der Waals surface area contributed by atoms with Crippen LogP contribution in [-0.2, 0) is 0 Å². The van der Waals surface area contributed by atoms with Gasteiger partial charge in [0.15, 0.2) is 0 Å². The molecule has 2 heterocycles. The van der Waals surface area contributed by atoms with Gasteiger partial charge in [-0.15, -0.1) is 0 Å². The predicted octanol–water partition coefficient (Wildman–Crippen LogP) is 2.14. The molecular weight excluding hydrogens is 292 g/mol. The minimum absolute atomic E-state index is 0.0878. The number of nitrogens with zero attached hydrogens (tertiary/aromatic N) is 2. The maximum absolute atomic E-state index is 12.4. The van der Waals surface area contributed by atoms with Gasteiger partial charge in [-0.2, -0.15) is 0 Å². The molecule has 3 rings (SSSR count). The van der Waals surface area contributed by atoms with Crippen LogP contribution in [0.4, 0.5) is 0 Å². The summed E-state index contributed by atoms with van der Waals surface area (Å²) in [5, 5.41) is 6.47. The number of benzene rings is 1. The van der Waals surface area contributed by atoms with Crippen molar-refractivity contribution in [3.8, 4) is 11.6 Å². The Morgan fingerprint density at radius 1 is 1.39 bits per heavy atom. The van der Waals surface area contributed by atoms with Crippen molar-refractivity contribution >= 4 is 5.91 Å². The van der Waals surface area contributed by atoms with Gasteiger partial charge >= 0.3 is 0 Å². The number of carbonyl (C=O) groups is 1. The van der Waals surface area contributed by atoms with Crippen LogP contribution in [0.3, 0.4) is 0 Å². The lowest BCUT2D eigenvalue weighted by Gasteiger charge is -2.30. The Bertz CT molecular complexity index is 663. The van der Waals surface area contributed by atoms with Crippen molar-refractivity contribution in [2.45, 2.75) is 31.8 Å². The number of rotatable bonds is 4. The summed E-state index contributed by atoms with van der Waals surface area (Å²) in [6.07, 6.45) is 6.74. The van der Waals surface area contributed by atoms with Gasteiger partial charge in [-0.3, -0.25) is 9.78 Å². The molecule has 1 aliphatic heterocycles. The van der Waals surface area contributed by atoms with Crippen molar-refractivity contribution < 1.29 is 9.53 Å². The predicted molar refractivity (Wildman–Crippen MR) is 86.5 cm³/mol. The number of nitrogens with one attached hydrogen (secondary N) is 2. The Kier molecular flexibility index (Phi) is 4.83. The van der Waals surface area contributed by atoms with Gasteiger partial charge < -0.3 is 15.4 Å². The third-order valence-electron chi connectivity index (χ3n) is 3.94. The third kappa shape index (κ3) is 4.04. The lowest BCUT2D eigenvalue weighted by molar-refractivity contribution is 0.0919. The first-order chi connectivity index (χ1) is 11.2. The van der Waals surface area contributed by atoms with Gasteiger partial charge in [0.05, 0.1) is 6.20 Å². The highest BCUT2D eigenvalue weighted by Gasteiger charge is 2.22. The highest BCUT2D eigenvalue weighted by atomic mass is 16.5. The molecule has 0 bridgehead atoms. The second kappa shape index (κ2) is 7.19. The highest BCUT2D eigenvalue weighted by Crippen LogP contribution is 2.20. The van der Waals surface area contributed by atoms with Gasteiger partial charge in [0.1, 0.15) is 5.75 Å². The molecule has 0 saturated carbocycles. The van der Waals surface area contributed by atoms with E-state index < -0.39 is 0 Å². The molecule has 0 aliphatic carbocycles. The average molecular weight is 312 g/mol. The standard InChI is InChI=1S/C17H20N4O2/c1-12-15(6-3-7-19-12)21-17(22)13-4-2-5-14(10-13)23-16-11-18-8-9-20-16/h2,4-5,8-12,15,19H,3,6-7H2,1H3,(H,21,22). The maximum Gasteiger partial charge on any atom is 0.251 e. The first-order valence-corrected chi connectivity index (χ1v) is 7.80. The van der Waals surface area contributed by atoms with Crippen LogP contribution in [0.2, 0.25) is 0 Å². The molecule has 2 N–H and O–H groups in total. The van der Waals surface area contributed by atoms with Crippen LogP contribution in [0.5, 0.6) is 11.6 Å². The van der Waals surface area contributed by atoms with Crippen molar-refractivity contribution in [1.29, 1.82) is 0 Å². The van der Waals surface area contributed by atoms with E-state index in [0.29, 0.717) is 17.2 Å². The first kappa shape index (κ1) is 15.4. The van der Waals surface area contributed by atoms with Crippen molar-refractivity contribution in [1.82, 2.24) is 20.6 Å². The molecule has 2 atom stereocenters. The number of ether oxygens (including phenoxy) is 1. The van der Waals surface area contributed by atoms with E-state index >= 15 is 0 Å². The molecule has 6 heteroatoms. The fraction of sp³-hybridized carbons (Fsp3) is 0.353. The Labute approximate surface area is 135 Å². The molecular formula is C17H20N4O2. The Morgan fingerprint density at radius 3 is 3.09 bits per heavy atom. The van der Waals surface area contributed by atoms with Crippen LogP contribution in [0.25, 0.3) is 0 Å². The Balaban J connectivity index is 1.67. The zero-order chi connectivity index (χ0) is 16.1. The van der Waals surface area contributed by atoms with E-state index in [0.717, 1.165) is 19.4 Å². The summed E-state index contributed by atoms with van der Waals surface area (Å²) in [7, 11) is 0. The first-order valence-electron chi connectivity index (χ1n) is 7.80. The molecule has 120 valence electrons. The fourth-order valence-electron chi connectivity index (χ4n) is 2.65. The van der Waals surface area contributed by atoms with E-state index in [1.165, 1.54) is 6.20 Å². The molecule has 23 heavy (non-hydrogen) atoms. The van der Waals surface area contributed by atoms with Gasteiger partial charge in [0, 0.05) is 30.0 Å². The zero-order valence-corrected chi connectivity index (χ0v) is 13.0. The second-order valence-electron chi connectivity index (χ2n) is 5.64. The minimum Gasteiger partial charge on any atom is -0.437 e. The summed E-state index contributed by atoms with van der Waals surface area (Å²) in [6.45, 7) is 3.10. The lowest BCUT2D eigenvalue weighted by atomic mass is 9.99. The molecule has 1 saturated heterocycles. The quantitative estimate of drug-likeness (QED) is 0.904. The molecule has 6 nitrogen and oxygen atoms in total. The number of aromatic nitrogens is 2. The molecule has 1 aliphatic rings. The van der Waals surface area contributed by atoms with Crippen molar-refractivity contribution in [3.05, 3.63) is 48.4 Å². The van der Waals surface area contributed by atoms with E-state index in [9.17, 15) is 4.79 Å². The number of carbonyl (C=O) groups excluding carboxylic acids is 1. The Hall–Kier alpha value is -2.47. The molecule has 2 unspecified atom stereocenters. The van der Waals surface area contributed by atoms with Crippen molar-refractivity contribution in [2.24, 2.45) is 0 Å². The van der Waals surface area contributed by atoms with Crippen LogP contribution in [0.1, 0.15) is 30.1 Å². The van der Waals surface area contributed by atoms with Crippen LogP contribution in [0, 0.1) is 0 Å². The van der Waals surface area contributed by atoms with E-state index in [1.54, 1.807) is 36.7 Å². The molecule has 2 aromatic rings. The largest absolute Gasteiger partial charge is 0.437 e. The number of hydrogen-bond acceptors (Lipinski definition) is 5. The number of piperidine rings is 1. The summed E-state index contributed by atoms with van der Waals surface area (Å²) in [5.41, 5.74) is 0.573. The van der Waals surface area contributed by atoms with Gasteiger partial charge in [0.2, 0.25) is 5.88 Å². The summed E-state index contributed by atoms with van der Waals surface area (Å²) in [6, 6.07) is 7.51. The molecule has 1 aromatic carbocycles. The monoisotopic (exact) mass is 312 g/mol. The molecule has 0 radical (unpaired) electrons. The van der Waals surface area contributed by atoms with E-state index in [4.69, 9.17) is 4.74 Å². The van der Waals surface area contributed by atoms with Crippen LogP contribution >= 0.6 is 0 Å². The zero-order valence-electron chi connectivity index (χ0n) is 13.0. The lowest BCUT2D eigenvalue weighted by Crippen LogP contribution is -2.51. The molecule has 0 spiro atoms. The maximum atomic E-state index is 12.4. The summed E-state index contributed by atoms with van der Waals surface area (Å²) < 4.78 is 5.61. The minimum atomic E-state index is -0.0878. The topological polar surface area (TPSA) is 76.1 Å². The van der Waals surface area contributed by atoms with E-state index in [2.05, 4.69) is 27.5 Å². The fourth-order valence-corrected chi connectivity index (χ4v) is 2.65. The van der Waals surface area contributed by atoms with Crippen LogP contribution < -0.4 is 15.4 Å². The van der Waals surface area contributed by atoms with Crippen molar-refractivity contribution in [3.63, 3.8) is 0 Å². The average Bonchev–Trinajstić information content (AvgIpc) is 2.58. The van der Waals surface area contributed by atoms with Crippen LogP contribution in [0.15, 0.2) is 42.9 Å². The van der Waals surface area contributed by atoms with E-state index in [-0.39, 0.29) is 18.0 Å². The third-order valence-corrected chi connectivity index (χ3v) is 3.94. The SMILES string of the molecule is CC1NCCCC1NC(=O)c1cccc(Oc2cnccn2)c1. The normalized spacial score (nSPS) is 20.7. The summed E-state index contributed by atoms with van der Waals surface area (Å²) in [5.74, 6) is 0.873.